The SMILES string of the molecule is CNc1nc(-c2c(Cl)cccc2Cl)nc(C)c1C. The van der Waals surface area contributed by atoms with Crippen molar-refractivity contribution in [3.8, 4) is 11.4 Å². The van der Waals surface area contributed by atoms with E-state index >= 15 is 0 Å². The Kier molecular flexibility index (Phi) is 3.73. The number of nitrogens with one attached hydrogen (secondary N) is 1. The van der Waals surface area contributed by atoms with Crippen LogP contribution in [-0.4, -0.2) is 17.0 Å². The molecular weight excluding hydrogens is 269 g/mol. The molecule has 1 N–H and O–H groups in total. The maximum Gasteiger partial charge on any atom is 0.164 e. The molecule has 0 bridgehead atoms. The third-order valence-electron chi connectivity index (χ3n) is 2.81. The van der Waals surface area contributed by atoms with E-state index in [0.717, 1.165) is 17.1 Å². The lowest BCUT2D eigenvalue weighted by Crippen LogP contribution is -2.03. The third-order valence-corrected chi connectivity index (χ3v) is 3.44. The molecule has 0 aliphatic rings. The lowest BCUT2D eigenvalue weighted by atomic mass is 10.2. The standard InChI is InChI=1S/C13H13Cl2N3/c1-7-8(2)17-13(18-12(7)16-3)11-9(14)5-4-6-10(11)15/h4-6H,1-3H3,(H,16,17,18). The maximum absolute atomic E-state index is 6.17. The molecule has 0 saturated carbocycles. The molecule has 3 nitrogen and oxygen atoms in total. The summed E-state index contributed by atoms with van der Waals surface area (Å²) in [5, 5.41) is 4.15. The van der Waals surface area contributed by atoms with Crippen LogP contribution in [0.4, 0.5) is 5.82 Å². The molecule has 0 unspecified atom stereocenters. The lowest BCUT2D eigenvalue weighted by molar-refractivity contribution is 1.07. The highest BCUT2D eigenvalue weighted by Gasteiger charge is 2.14. The van der Waals surface area contributed by atoms with Crippen molar-refractivity contribution in [3.63, 3.8) is 0 Å². The molecular formula is C13H13Cl2N3. The van der Waals surface area contributed by atoms with E-state index < -0.39 is 0 Å². The van der Waals surface area contributed by atoms with Gasteiger partial charge in [-0.1, -0.05) is 29.3 Å². The number of nitrogens with zero attached hydrogens (tertiary/aromatic N) is 2. The minimum Gasteiger partial charge on any atom is -0.373 e. The molecule has 18 heavy (non-hydrogen) atoms. The van der Waals surface area contributed by atoms with Crippen LogP contribution in [0.5, 0.6) is 0 Å². The molecule has 0 amide bonds. The van der Waals surface area contributed by atoms with Crippen molar-refractivity contribution in [1.82, 2.24) is 9.97 Å². The number of rotatable bonds is 2. The molecule has 1 heterocycles. The normalized spacial score (nSPS) is 10.5. The van der Waals surface area contributed by atoms with E-state index in [4.69, 9.17) is 23.2 Å². The number of halogens is 2. The van der Waals surface area contributed by atoms with E-state index in [1.165, 1.54) is 0 Å². The fraction of sp³-hybridized carbons (Fsp3) is 0.231. The van der Waals surface area contributed by atoms with Crippen molar-refractivity contribution in [2.45, 2.75) is 13.8 Å². The highest BCUT2D eigenvalue weighted by Crippen LogP contribution is 2.33. The van der Waals surface area contributed by atoms with Gasteiger partial charge in [0.1, 0.15) is 5.82 Å². The van der Waals surface area contributed by atoms with Gasteiger partial charge in [0.25, 0.3) is 0 Å². The van der Waals surface area contributed by atoms with Crippen LogP contribution >= 0.6 is 23.2 Å². The highest BCUT2D eigenvalue weighted by molar-refractivity contribution is 6.38. The summed E-state index contributed by atoms with van der Waals surface area (Å²) in [4.78, 5) is 8.91. The first kappa shape index (κ1) is 13.1. The average Bonchev–Trinajstić information content (AvgIpc) is 2.33. The molecule has 2 aromatic rings. The Bertz CT molecular complexity index is 577. The van der Waals surface area contributed by atoms with Gasteiger partial charge in [0.2, 0.25) is 0 Å². The molecule has 1 aromatic carbocycles. The molecule has 0 saturated heterocycles. The van der Waals surface area contributed by atoms with Crippen LogP contribution in [-0.2, 0) is 0 Å². The zero-order chi connectivity index (χ0) is 13.3. The summed E-state index contributed by atoms with van der Waals surface area (Å²) in [6.45, 7) is 3.91. The van der Waals surface area contributed by atoms with Crippen molar-refractivity contribution in [3.05, 3.63) is 39.5 Å². The summed E-state index contributed by atoms with van der Waals surface area (Å²) < 4.78 is 0. The number of aryl methyl sites for hydroxylation is 1. The molecule has 5 heteroatoms. The van der Waals surface area contributed by atoms with Crippen LogP contribution in [0.25, 0.3) is 11.4 Å². The predicted molar refractivity (Wildman–Crippen MR) is 76.5 cm³/mol. The van der Waals surface area contributed by atoms with Gasteiger partial charge >= 0.3 is 0 Å². The van der Waals surface area contributed by atoms with Gasteiger partial charge in [0.05, 0.1) is 15.6 Å². The van der Waals surface area contributed by atoms with Crippen LogP contribution in [0.1, 0.15) is 11.3 Å². The first-order valence-corrected chi connectivity index (χ1v) is 6.27. The molecule has 94 valence electrons. The fourth-order valence-corrected chi connectivity index (χ4v) is 2.26. The lowest BCUT2D eigenvalue weighted by Gasteiger charge is -2.11. The minimum absolute atomic E-state index is 0.540. The smallest absolute Gasteiger partial charge is 0.164 e. The van der Waals surface area contributed by atoms with Gasteiger partial charge in [-0.05, 0) is 26.0 Å². The van der Waals surface area contributed by atoms with E-state index in [0.29, 0.717) is 21.4 Å². The minimum atomic E-state index is 0.540. The average molecular weight is 282 g/mol. The Balaban J connectivity index is 2.68. The van der Waals surface area contributed by atoms with E-state index in [1.807, 2.05) is 20.9 Å². The summed E-state index contributed by atoms with van der Waals surface area (Å²) >= 11 is 12.3. The zero-order valence-corrected chi connectivity index (χ0v) is 11.9. The Morgan fingerprint density at radius 1 is 1.06 bits per heavy atom. The van der Waals surface area contributed by atoms with Crippen molar-refractivity contribution >= 4 is 29.0 Å². The Labute approximate surface area is 116 Å². The fourth-order valence-electron chi connectivity index (χ4n) is 1.70. The van der Waals surface area contributed by atoms with Gasteiger partial charge in [-0.25, -0.2) is 9.97 Å². The van der Waals surface area contributed by atoms with Crippen LogP contribution < -0.4 is 5.32 Å². The summed E-state index contributed by atoms with van der Waals surface area (Å²) in [5.41, 5.74) is 2.59. The van der Waals surface area contributed by atoms with Gasteiger partial charge < -0.3 is 5.32 Å². The Hall–Kier alpha value is -1.32. The first-order valence-electron chi connectivity index (χ1n) is 5.52. The molecule has 2 rings (SSSR count). The maximum atomic E-state index is 6.17. The molecule has 0 atom stereocenters. The third kappa shape index (κ3) is 2.28. The van der Waals surface area contributed by atoms with E-state index in [-0.39, 0.29) is 0 Å². The molecule has 0 aliphatic carbocycles. The molecule has 0 spiro atoms. The molecule has 0 fully saturated rings. The van der Waals surface area contributed by atoms with Crippen molar-refractivity contribution < 1.29 is 0 Å². The van der Waals surface area contributed by atoms with Gasteiger partial charge in [0.15, 0.2) is 5.82 Å². The Morgan fingerprint density at radius 2 is 1.67 bits per heavy atom. The van der Waals surface area contributed by atoms with Crippen LogP contribution in [0, 0.1) is 13.8 Å². The number of hydrogen-bond donors (Lipinski definition) is 1. The first-order chi connectivity index (χ1) is 8.54. The monoisotopic (exact) mass is 281 g/mol. The number of aromatic nitrogens is 2. The molecule has 1 aromatic heterocycles. The molecule has 0 radical (unpaired) electrons. The van der Waals surface area contributed by atoms with Gasteiger partial charge in [-0.15, -0.1) is 0 Å². The summed E-state index contributed by atoms with van der Waals surface area (Å²) in [5.74, 6) is 1.33. The van der Waals surface area contributed by atoms with Gasteiger partial charge in [-0.2, -0.15) is 0 Å². The Morgan fingerprint density at radius 3 is 2.22 bits per heavy atom. The second kappa shape index (κ2) is 5.12. The number of benzene rings is 1. The summed E-state index contributed by atoms with van der Waals surface area (Å²) in [6.07, 6.45) is 0. The van der Waals surface area contributed by atoms with Crippen molar-refractivity contribution in [2.75, 3.05) is 12.4 Å². The number of anilines is 1. The van der Waals surface area contributed by atoms with E-state index in [9.17, 15) is 0 Å². The van der Waals surface area contributed by atoms with Crippen LogP contribution in [0.2, 0.25) is 10.0 Å². The number of hydrogen-bond acceptors (Lipinski definition) is 3. The second-order valence-electron chi connectivity index (χ2n) is 3.95. The van der Waals surface area contributed by atoms with Crippen molar-refractivity contribution in [1.29, 1.82) is 0 Å². The quantitative estimate of drug-likeness (QED) is 0.900. The van der Waals surface area contributed by atoms with Gasteiger partial charge in [0, 0.05) is 18.3 Å². The predicted octanol–water partition coefficient (Wildman–Crippen LogP) is 4.11. The summed E-state index contributed by atoms with van der Waals surface area (Å²) in [6, 6.07) is 5.36. The van der Waals surface area contributed by atoms with E-state index in [2.05, 4.69) is 15.3 Å². The highest BCUT2D eigenvalue weighted by atomic mass is 35.5. The van der Waals surface area contributed by atoms with Crippen molar-refractivity contribution in [2.24, 2.45) is 0 Å². The topological polar surface area (TPSA) is 37.8 Å². The summed E-state index contributed by atoms with van der Waals surface area (Å²) in [7, 11) is 1.83. The largest absolute Gasteiger partial charge is 0.373 e. The molecule has 0 aliphatic heterocycles. The van der Waals surface area contributed by atoms with E-state index in [1.54, 1.807) is 18.2 Å². The van der Waals surface area contributed by atoms with Crippen LogP contribution in [0.15, 0.2) is 18.2 Å². The van der Waals surface area contributed by atoms with Gasteiger partial charge in [-0.3, -0.25) is 0 Å². The zero-order valence-electron chi connectivity index (χ0n) is 10.4. The second-order valence-corrected chi connectivity index (χ2v) is 4.77. The van der Waals surface area contributed by atoms with Crippen LogP contribution in [0.3, 0.4) is 0 Å².